The molecular weight excluding hydrogens is 378 g/mol. The molecule has 0 spiro atoms. The van der Waals surface area contributed by atoms with Gasteiger partial charge in [0.25, 0.3) is 0 Å². The molecule has 0 fully saturated rings. The third-order valence-electron chi connectivity index (χ3n) is 5.09. The summed E-state index contributed by atoms with van der Waals surface area (Å²) < 4.78 is 16.2. The van der Waals surface area contributed by atoms with Crippen LogP contribution in [0, 0.1) is 0 Å². The molecule has 0 N–H and O–H groups in total. The second-order valence-corrected chi connectivity index (χ2v) is 6.94. The summed E-state index contributed by atoms with van der Waals surface area (Å²) in [5, 5.41) is 0. The van der Waals surface area contributed by atoms with Gasteiger partial charge in [0, 0.05) is 7.05 Å². The summed E-state index contributed by atoms with van der Waals surface area (Å²) in [4.78, 5) is 15.1. The van der Waals surface area contributed by atoms with Crippen LogP contribution in [-0.4, -0.2) is 39.2 Å². The topological polar surface area (TPSA) is 48.0 Å². The Morgan fingerprint density at radius 1 is 0.800 bits per heavy atom. The summed E-state index contributed by atoms with van der Waals surface area (Å²) >= 11 is 0. The molecule has 30 heavy (non-hydrogen) atoms. The van der Waals surface area contributed by atoms with Crippen LogP contribution in [0.5, 0.6) is 17.2 Å². The van der Waals surface area contributed by atoms with Crippen LogP contribution in [0.1, 0.15) is 22.7 Å². The first kappa shape index (κ1) is 21.2. The van der Waals surface area contributed by atoms with Crippen molar-refractivity contribution in [3.63, 3.8) is 0 Å². The molecule has 1 amide bonds. The van der Waals surface area contributed by atoms with Crippen molar-refractivity contribution in [2.75, 3.05) is 28.4 Å². The van der Waals surface area contributed by atoms with Gasteiger partial charge in [0.15, 0.2) is 11.5 Å². The smallest absolute Gasteiger partial charge is 0.227 e. The molecule has 0 aromatic heterocycles. The summed E-state index contributed by atoms with van der Waals surface area (Å²) in [7, 11) is 6.53. The molecule has 0 radical (unpaired) electrons. The number of hydrogen-bond acceptors (Lipinski definition) is 4. The van der Waals surface area contributed by atoms with Crippen molar-refractivity contribution in [2.45, 2.75) is 12.5 Å². The molecule has 3 aromatic carbocycles. The second-order valence-electron chi connectivity index (χ2n) is 6.94. The van der Waals surface area contributed by atoms with Crippen molar-refractivity contribution in [2.24, 2.45) is 0 Å². The Morgan fingerprint density at radius 3 is 1.67 bits per heavy atom. The van der Waals surface area contributed by atoms with Crippen LogP contribution in [0.25, 0.3) is 0 Å². The van der Waals surface area contributed by atoms with Gasteiger partial charge < -0.3 is 19.1 Å². The van der Waals surface area contributed by atoms with E-state index in [1.807, 2.05) is 79.8 Å². The molecule has 3 aromatic rings. The van der Waals surface area contributed by atoms with Gasteiger partial charge in [-0.05, 0) is 28.8 Å². The lowest BCUT2D eigenvalue weighted by Gasteiger charge is -2.29. The molecule has 5 heteroatoms. The summed E-state index contributed by atoms with van der Waals surface area (Å²) in [6, 6.07) is 23.5. The zero-order valence-electron chi connectivity index (χ0n) is 17.8. The molecule has 0 atom stereocenters. The van der Waals surface area contributed by atoms with E-state index in [-0.39, 0.29) is 18.4 Å². The van der Waals surface area contributed by atoms with E-state index >= 15 is 0 Å². The van der Waals surface area contributed by atoms with Crippen molar-refractivity contribution < 1.29 is 19.0 Å². The lowest BCUT2D eigenvalue weighted by atomic mass is 9.97. The molecule has 0 saturated heterocycles. The third-order valence-corrected chi connectivity index (χ3v) is 5.09. The maximum atomic E-state index is 13.3. The minimum atomic E-state index is -0.179. The lowest BCUT2D eigenvalue weighted by molar-refractivity contribution is -0.130. The van der Waals surface area contributed by atoms with Crippen LogP contribution in [0.4, 0.5) is 0 Å². The first-order chi connectivity index (χ1) is 14.6. The zero-order chi connectivity index (χ0) is 21.5. The fourth-order valence-electron chi connectivity index (χ4n) is 3.59. The second kappa shape index (κ2) is 9.83. The number of amides is 1. The fourth-order valence-corrected chi connectivity index (χ4v) is 3.59. The Labute approximate surface area is 177 Å². The Morgan fingerprint density at radius 2 is 1.27 bits per heavy atom. The van der Waals surface area contributed by atoms with Crippen LogP contribution < -0.4 is 14.2 Å². The highest BCUT2D eigenvalue weighted by Gasteiger charge is 2.24. The van der Waals surface area contributed by atoms with E-state index in [1.54, 1.807) is 26.2 Å². The van der Waals surface area contributed by atoms with Crippen LogP contribution in [0.15, 0.2) is 72.8 Å². The molecular formula is C25H27NO4. The molecule has 0 aliphatic rings. The lowest BCUT2D eigenvalue weighted by Crippen LogP contribution is -2.33. The molecule has 0 bridgehead atoms. The van der Waals surface area contributed by atoms with Crippen LogP contribution in [0.3, 0.4) is 0 Å². The minimum absolute atomic E-state index is 0.0121. The van der Waals surface area contributed by atoms with Gasteiger partial charge in [-0.25, -0.2) is 0 Å². The first-order valence-electron chi connectivity index (χ1n) is 9.73. The maximum Gasteiger partial charge on any atom is 0.227 e. The van der Waals surface area contributed by atoms with E-state index in [9.17, 15) is 4.79 Å². The van der Waals surface area contributed by atoms with E-state index in [2.05, 4.69) is 0 Å². The predicted molar refractivity (Wildman–Crippen MR) is 117 cm³/mol. The van der Waals surface area contributed by atoms with Gasteiger partial charge in [0.1, 0.15) is 0 Å². The summed E-state index contributed by atoms with van der Waals surface area (Å²) in [5.41, 5.74) is 2.91. The van der Waals surface area contributed by atoms with Gasteiger partial charge in [-0.15, -0.1) is 0 Å². The zero-order valence-corrected chi connectivity index (χ0v) is 17.8. The molecule has 0 saturated carbocycles. The quantitative estimate of drug-likeness (QED) is 0.554. The van der Waals surface area contributed by atoms with E-state index in [1.165, 1.54) is 0 Å². The Balaban J connectivity index is 1.91. The number of carbonyl (C=O) groups is 1. The molecule has 156 valence electrons. The van der Waals surface area contributed by atoms with E-state index < -0.39 is 0 Å². The van der Waals surface area contributed by atoms with Gasteiger partial charge in [-0.3, -0.25) is 4.79 Å². The van der Waals surface area contributed by atoms with E-state index in [0.29, 0.717) is 17.2 Å². The normalized spacial score (nSPS) is 10.6. The third kappa shape index (κ3) is 4.57. The number of ether oxygens (including phenoxy) is 3. The largest absolute Gasteiger partial charge is 0.493 e. The Hall–Kier alpha value is -3.47. The van der Waals surface area contributed by atoms with Gasteiger partial charge in [0.2, 0.25) is 11.7 Å². The van der Waals surface area contributed by atoms with Crippen molar-refractivity contribution in [1.29, 1.82) is 0 Å². The minimum Gasteiger partial charge on any atom is -0.493 e. The van der Waals surface area contributed by atoms with Crippen molar-refractivity contribution >= 4 is 5.91 Å². The van der Waals surface area contributed by atoms with Crippen molar-refractivity contribution in [3.05, 3.63) is 89.5 Å². The van der Waals surface area contributed by atoms with Gasteiger partial charge in [-0.1, -0.05) is 60.7 Å². The molecule has 5 nitrogen and oxygen atoms in total. The summed E-state index contributed by atoms with van der Waals surface area (Å²) in [5.74, 6) is 1.56. The average molecular weight is 405 g/mol. The number of nitrogens with zero attached hydrogens (tertiary/aromatic N) is 1. The number of methoxy groups -OCH3 is 3. The number of likely N-dealkylation sites (N-methyl/N-ethyl adjacent to an activating group) is 1. The monoisotopic (exact) mass is 405 g/mol. The van der Waals surface area contributed by atoms with Crippen molar-refractivity contribution in [3.8, 4) is 17.2 Å². The van der Waals surface area contributed by atoms with E-state index in [4.69, 9.17) is 14.2 Å². The highest BCUT2D eigenvalue weighted by molar-refractivity contribution is 5.80. The molecule has 0 aliphatic carbocycles. The highest BCUT2D eigenvalue weighted by atomic mass is 16.5. The fraction of sp³-hybridized carbons (Fsp3) is 0.240. The van der Waals surface area contributed by atoms with Gasteiger partial charge in [0.05, 0.1) is 33.8 Å². The predicted octanol–water partition coefficient (Wildman–Crippen LogP) is 4.50. The number of hydrogen-bond donors (Lipinski definition) is 0. The Kier molecular flexibility index (Phi) is 6.96. The molecule has 3 rings (SSSR count). The molecule has 0 aliphatic heterocycles. The van der Waals surface area contributed by atoms with Gasteiger partial charge in [-0.2, -0.15) is 0 Å². The first-order valence-corrected chi connectivity index (χ1v) is 9.73. The average Bonchev–Trinajstić information content (AvgIpc) is 2.79. The van der Waals surface area contributed by atoms with E-state index in [0.717, 1.165) is 16.7 Å². The number of rotatable bonds is 8. The Bertz CT molecular complexity index is 908. The number of benzene rings is 3. The molecule has 0 unspecified atom stereocenters. The van der Waals surface area contributed by atoms with Crippen LogP contribution in [-0.2, 0) is 11.2 Å². The standard InChI is InChI=1S/C25H27NO4/c1-26(24(19-11-7-5-8-12-19)20-13-9-6-10-14-20)23(27)17-18-15-21(28-2)25(30-4)22(16-18)29-3/h5-16,24H,17H2,1-4H3. The van der Waals surface area contributed by atoms with Crippen LogP contribution >= 0.6 is 0 Å². The van der Waals surface area contributed by atoms with Gasteiger partial charge >= 0.3 is 0 Å². The van der Waals surface area contributed by atoms with Crippen LogP contribution in [0.2, 0.25) is 0 Å². The highest BCUT2D eigenvalue weighted by Crippen LogP contribution is 2.38. The maximum absolute atomic E-state index is 13.3. The molecule has 0 heterocycles. The van der Waals surface area contributed by atoms with Crippen molar-refractivity contribution in [1.82, 2.24) is 4.90 Å². The summed E-state index contributed by atoms with van der Waals surface area (Å²) in [6.07, 6.45) is 0.212. The summed E-state index contributed by atoms with van der Waals surface area (Å²) in [6.45, 7) is 0. The number of carbonyl (C=O) groups excluding carboxylic acids is 1. The SMILES string of the molecule is COc1cc(CC(=O)N(C)C(c2ccccc2)c2ccccc2)cc(OC)c1OC.